The largest absolute Gasteiger partial charge is 0.496 e. The number of imidazole rings is 1. The number of nitrogens with zero attached hydrogens (tertiary/aromatic N) is 4. The van der Waals surface area contributed by atoms with Crippen LogP contribution in [0.1, 0.15) is 71.0 Å². The lowest BCUT2D eigenvalue weighted by molar-refractivity contribution is 0.0460. The van der Waals surface area contributed by atoms with E-state index < -0.39 is 37.0 Å². The summed E-state index contributed by atoms with van der Waals surface area (Å²) in [6, 6.07) is 12.1. The highest BCUT2D eigenvalue weighted by molar-refractivity contribution is 6.76. The van der Waals surface area contributed by atoms with E-state index in [1.165, 1.54) is 4.57 Å². The van der Waals surface area contributed by atoms with Crippen LogP contribution < -0.4 is 10.1 Å². The van der Waals surface area contributed by atoms with Gasteiger partial charge in [-0.1, -0.05) is 19.6 Å². The molecule has 258 valence electrons. The maximum absolute atomic E-state index is 13.7. The van der Waals surface area contributed by atoms with Gasteiger partial charge in [0.2, 0.25) is 0 Å². The van der Waals surface area contributed by atoms with E-state index in [2.05, 4.69) is 31.0 Å². The van der Waals surface area contributed by atoms with Crippen LogP contribution in [0.15, 0.2) is 36.5 Å². The maximum Gasteiger partial charge on any atom is 0.419 e. The molecule has 0 fully saturated rings. The molecule has 1 atom stereocenters. The first-order valence-electron chi connectivity index (χ1n) is 16.1. The zero-order valence-corrected chi connectivity index (χ0v) is 31.3. The van der Waals surface area contributed by atoms with Gasteiger partial charge in [0.1, 0.15) is 35.0 Å². The molecule has 2 aromatic carbocycles. The monoisotopic (exact) mass is 675 g/mol. The van der Waals surface area contributed by atoms with E-state index in [-0.39, 0.29) is 6.73 Å². The molecule has 12 heteroatoms. The number of hydrogen-bond donors (Lipinski definition) is 1. The first kappa shape index (κ1) is 36.5. The Labute approximate surface area is 284 Å². The van der Waals surface area contributed by atoms with E-state index >= 15 is 0 Å². The fourth-order valence-corrected chi connectivity index (χ4v) is 6.39. The Morgan fingerprint density at radius 1 is 1.00 bits per heavy atom. The molecule has 0 radical (unpaired) electrons. The van der Waals surface area contributed by atoms with Gasteiger partial charge in [0.25, 0.3) is 0 Å². The van der Waals surface area contributed by atoms with Crippen molar-refractivity contribution in [3.63, 3.8) is 0 Å². The number of aromatic nitrogens is 3. The molecular weight excluding hydrogens is 627 g/mol. The minimum atomic E-state index is -1.41. The minimum Gasteiger partial charge on any atom is -0.496 e. The van der Waals surface area contributed by atoms with E-state index in [9.17, 15) is 14.9 Å². The van der Waals surface area contributed by atoms with Gasteiger partial charge in [0.05, 0.1) is 35.3 Å². The molecule has 1 amide bonds. The fraction of sp³-hybridized carbons (Fsp3) is 0.500. The van der Waals surface area contributed by atoms with Crippen LogP contribution in [0, 0.1) is 18.3 Å². The van der Waals surface area contributed by atoms with Crippen LogP contribution in [0.5, 0.6) is 5.75 Å². The second-order valence-electron chi connectivity index (χ2n) is 15.5. The second kappa shape index (κ2) is 13.3. The smallest absolute Gasteiger partial charge is 0.419 e. The van der Waals surface area contributed by atoms with Gasteiger partial charge in [-0.05, 0) is 97.3 Å². The van der Waals surface area contributed by atoms with Gasteiger partial charge >= 0.3 is 12.2 Å². The number of methoxy groups -OCH3 is 1. The summed E-state index contributed by atoms with van der Waals surface area (Å²) in [4.78, 5) is 32.2. The van der Waals surface area contributed by atoms with E-state index in [1.807, 2.05) is 57.4 Å². The summed E-state index contributed by atoms with van der Waals surface area (Å²) in [6.45, 7) is 22.1. The predicted molar refractivity (Wildman–Crippen MR) is 189 cm³/mol. The van der Waals surface area contributed by atoms with Gasteiger partial charge in [-0.25, -0.2) is 14.6 Å². The molecule has 0 aliphatic heterocycles. The number of rotatable bonds is 9. The molecule has 0 saturated heterocycles. The van der Waals surface area contributed by atoms with Crippen LogP contribution >= 0.6 is 0 Å². The molecule has 2 heterocycles. The average Bonchev–Trinajstić information content (AvgIpc) is 3.55. The molecule has 0 aliphatic carbocycles. The van der Waals surface area contributed by atoms with Gasteiger partial charge < -0.3 is 28.8 Å². The molecule has 0 bridgehead atoms. The quantitative estimate of drug-likeness (QED) is 0.139. The number of alkyl carbamates (subject to hydrolysis) is 1. The lowest BCUT2D eigenvalue weighted by atomic mass is 9.86. The summed E-state index contributed by atoms with van der Waals surface area (Å²) in [6.07, 6.45) is 0.443. The molecule has 11 nitrogen and oxygen atoms in total. The number of amides is 1. The number of nitriles is 1. The highest BCUT2D eigenvalue weighted by Gasteiger charge is 2.42. The number of carbonyl (C=O) groups excluding carboxylic acids is 2. The minimum absolute atomic E-state index is 0.143. The topological polar surface area (TPSA) is 130 Å². The average molecular weight is 676 g/mol. The molecule has 0 saturated carbocycles. The lowest BCUT2D eigenvalue weighted by Gasteiger charge is -2.34. The maximum atomic E-state index is 13.7. The van der Waals surface area contributed by atoms with Crippen LogP contribution in [0.2, 0.25) is 25.7 Å². The van der Waals surface area contributed by atoms with E-state index in [0.29, 0.717) is 45.7 Å². The summed E-state index contributed by atoms with van der Waals surface area (Å²) < 4.78 is 27.2. The highest BCUT2D eigenvalue weighted by Crippen LogP contribution is 2.43. The number of fused-ring (bicyclic) bond motifs is 2. The van der Waals surface area contributed by atoms with Crippen molar-refractivity contribution in [2.45, 2.75) is 105 Å². The normalized spacial score (nSPS) is 13.6. The SMILES string of the molecule is COc1cc(C)c2c(ccn2C(=O)OC(C)(C)C)c1C(C)(NC(=O)OC(C)(C)C)c1nc2cc(C#N)ccc2n1COCC[Si](C)(C)C. The van der Waals surface area contributed by atoms with Crippen LogP contribution in [0.25, 0.3) is 21.9 Å². The molecule has 1 unspecified atom stereocenters. The van der Waals surface area contributed by atoms with Gasteiger partial charge in [0, 0.05) is 31.8 Å². The Balaban J connectivity index is 2.05. The van der Waals surface area contributed by atoms with Crippen molar-refractivity contribution in [3.05, 3.63) is 59.0 Å². The third kappa shape index (κ3) is 8.02. The first-order chi connectivity index (χ1) is 22.2. The molecular formula is C36H49N5O6Si. The third-order valence-corrected chi connectivity index (χ3v) is 9.43. The lowest BCUT2D eigenvalue weighted by Crippen LogP contribution is -2.48. The summed E-state index contributed by atoms with van der Waals surface area (Å²) in [5, 5.41) is 13.5. The Bertz CT molecular complexity index is 1880. The molecule has 4 aromatic rings. The van der Waals surface area contributed by atoms with Gasteiger partial charge in [-0.2, -0.15) is 5.26 Å². The number of aryl methyl sites for hydroxylation is 1. The molecule has 4 rings (SSSR count). The zero-order chi connectivity index (χ0) is 35.8. The number of hydrogen-bond acceptors (Lipinski definition) is 8. The summed E-state index contributed by atoms with van der Waals surface area (Å²) in [7, 11) is 0.181. The summed E-state index contributed by atoms with van der Waals surface area (Å²) >= 11 is 0. The third-order valence-electron chi connectivity index (χ3n) is 7.73. The Morgan fingerprint density at radius 3 is 2.25 bits per heavy atom. The van der Waals surface area contributed by atoms with Crippen LogP contribution in [-0.2, 0) is 26.5 Å². The van der Waals surface area contributed by atoms with E-state index in [4.69, 9.17) is 23.9 Å². The van der Waals surface area contributed by atoms with Crippen molar-refractivity contribution in [3.8, 4) is 11.8 Å². The summed E-state index contributed by atoms with van der Waals surface area (Å²) in [5.74, 6) is 0.899. The molecule has 48 heavy (non-hydrogen) atoms. The van der Waals surface area contributed by atoms with Crippen molar-refractivity contribution < 1.29 is 28.5 Å². The Morgan fingerprint density at radius 2 is 1.67 bits per heavy atom. The summed E-state index contributed by atoms with van der Waals surface area (Å²) in [5.41, 5.74) is 0.731. The van der Waals surface area contributed by atoms with Gasteiger partial charge in [-0.3, -0.25) is 4.57 Å². The second-order valence-corrected chi connectivity index (χ2v) is 21.1. The number of carbonyl (C=O) groups is 2. The van der Waals surface area contributed by atoms with Crippen molar-refractivity contribution in [1.29, 1.82) is 5.26 Å². The number of ether oxygens (including phenoxy) is 4. The van der Waals surface area contributed by atoms with E-state index in [1.54, 1.807) is 46.2 Å². The number of nitrogens with one attached hydrogen (secondary N) is 1. The predicted octanol–water partition coefficient (Wildman–Crippen LogP) is 8.06. The zero-order valence-electron chi connectivity index (χ0n) is 30.3. The van der Waals surface area contributed by atoms with Crippen LogP contribution in [0.4, 0.5) is 9.59 Å². The van der Waals surface area contributed by atoms with Crippen molar-refractivity contribution in [2.24, 2.45) is 0 Å². The van der Waals surface area contributed by atoms with E-state index in [0.717, 1.165) is 17.1 Å². The Kier molecular flexibility index (Phi) is 10.1. The first-order valence-corrected chi connectivity index (χ1v) is 19.8. The van der Waals surface area contributed by atoms with Gasteiger partial charge in [0.15, 0.2) is 0 Å². The van der Waals surface area contributed by atoms with Crippen LogP contribution in [-0.4, -0.2) is 59.3 Å². The highest BCUT2D eigenvalue weighted by atomic mass is 28.3. The van der Waals surface area contributed by atoms with Gasteiger partial charge in [-0.15, -0.1) is 0 Å². The van der Waals surface area contributed by atoms with Crippen molar-refractivity contribution >= 4 is 42.2 Å². The molecule has 1 N–H and O–H groups in total. The molecule has 0 aliphatic rings. The molecule has 2 aromatic heterocycles. The van der Waals surface area contributed by atoms with Crippen molar-refractivity contribution in [2.75, 3.05) is 13.7 Å². The standard InChI is InChI=1S/C36H49N5O6Si/c1-23-19-28(44-9)29(25-15-16-40(30(23)25)33(43)47-35(5,6)7)36(8,39-32(42)46-34(2,3)4)31-38-26-20-24(21-37)13-14-27(26)41(31)22-45-17-18-48(10,11)12/h13-16,19-20H,17-18,22H2,1-12H3,(H,39,42). The fourth-order valence-electron chi connectivity index (χ4n) is 5.63. The molecule has 0 spiro atoms. The number of benzene rings is 2. The van der Waals surface area contributed by atoms with Crippen molar-refractivity contribution in [1.82, 2.24) is 19.4 Å². The Hall–Kier alpha value is -4.34. The van der Waals surface area contributed by atoms with Crippen LogP contribution in [0.3, 0.4) is 0 Å².